The molecule has 0 aliphatic carbocycles. The van der Waals surface area contributed by atoms with Crippen molar-refractivity contribution in [2.75, 3.05) is 19.7 Å². The summed E-state index contributed by atoms with van der Waals surface area (Å²) in [6, 6.07) is 3.47. The first kappa shape index (κ1) is 16.3. The van der Waals surface area contributed by atoms with E-state index in [1.165, 1.54) is 0 Å². The number of carbonyl (C=O) groups is 1. The molecule has 0 aliphatic rings. The molecule has 0 heterocycles. The van der Waals surface area contributed by atoms with Crippen LogP contribution < -0.4 is 21.5 Å². The number of amides is 2. The highest BCUT2D eigenvalue weighted by atomic mass is 79.9. The molecule has 0 fully saturated rings. The van der Waals surface area contributed by atoms with Crippen molar-refractivity contribution in [3.63, 3.8) is 0 Å². The Morgan fingerprint density at radius 3 is 2.47 bits per heavy atom. The molecular formula is C12H17Br2N3O2. The maximum absolute atomic E-state index is 10.5. The number of urea groups is 1. The maximum atomic E-state index is 10.5. The van der Waals surface area contributed by atoms with Crippen LogP contribution in [0.3, 0.4) is 0 Å². The number of halogens is 2. The van der Waals surface area contributed by atoms with Crippen molar-refractivity contribution in [2.24, 2.45) is 11.5 Å². The van der Waals surface area contributed by atoms with Crippen molar-refractivity contribution in [2.45, 2.75) is 12.8 Å². The fourth-order valence-corrected chi connectivity index (χ4v) is 3.03. The number of nitrogens with two attached hydrogens (primary N) is 2. The third-order valence-corrected chi connectivity index (χ3v) is 3.54. The van der Waals surface area contributed by atoms with Crippen molar-refractivity contribution >= 4 is 37.9 Å². The summed E-state index contributed by atoms with van der Waals surface area (Å²) in [5.74, 6) is 0.750. The monoisotopic (exact) mass is 393 g/mol. The second-order valence-corrected chi connectivity index (χ2v) is 5.63. The van der Waals surface area contributed by atoms with Crippen LogP contribution in [0, 0.1) is 0 Å². The maximum Gasteiger partial charge on any atom is 0.312 e. The summed E-state index contributed by atoms with van der Waals surface area (Å²) in [6.07, 6.45) is 1.51. The van der Waals surface area contributed by atoms with E-state index in [9.17, 15) is 4.79 Å². The molecule has 0 unspecified atom stereocenters. The van der Waals surface area contributed by atoms with E-state index < -0.39 is 6.03 Å². The van der Waals surface area contributed by atoms with Crippen molar-refractivity contribution in [3.05, 3.63) is 26.6 Å². The molecule has 5 N–H and O–H groups in total. The predicted molar refractivity (Wildman–Crippen MR) is 82.3 cm³/mol. The number of rotatable bonds is 7. The Labute approximate surface area is 129 Å². The lowest BCUT2D eigenvalue weighted by Gasteiger charge is -2.12. The van der Waals surface area contributed by atoms with Crippen molar-refractivity contribution in [1.29, 1.82) is 0 Å². The summed E-state index contributed by atoms with van der Waals surface area (Å²) < 4.78 is 7.43. The largest absolute Gasteiger partial charge is 0.491 e. The zero-order chi connectivity index (χ0) is 14.3. The van der Waals surface area contributed by atoms with E-state index >= 15 is 0 Å². The first-order valence-electron chi connectivity index (χ1n) is 5.88. The normalized spacial score (nSPS) is 10.3. The topological polar surface area (TPSA) is 90.4 Å². The van der Waals surface area contributed by atoms with Crippen LogP contribution in [0.15, 0.2) is 21.1 Å². The van der Waals surface area contributed by atoms with Crippen LogP contribution in [0.1, 0.15) is 12.0 Å². The summed E-state index contributed by atoms with van der Waals surface area (Å²) in [6.45, 7) is 1.60. The molecule has 1 aromatic carbocycles. The van der Waals surface area contributed by atoms with Crippen molar-refractivity contribution in [1.82, 2.24) is 5.32 Å². The van der Waals surface area contributed by atoms with Crippen LogP contribution in [-0.2, 0) is 6.42 Å². The van der Waals surface area contributed by atoms with E-state index in [-0.39, 0.29) is 0 Å². The summed E-state index contributed by atoms with van der Waals surface area (Å²) in [7, 11) is 0. The lowest BCUT2D eigenvalue weighted by molar-refractivity contribution is 0.247. The van der Waals surface area contributed by atoms with Gasteiger partial charge >= 0.3 is 6.03 Å². The van der Waals surface area contributed by atoms with Crippen LogP contribution in [0.25, 0.3) is 0 Å². The number of nitrogens with one attached hydrogen (secondary N) is 1. The van der Waals surface area contributed by atoms with Gasteiger partial charge in [0.15, 0.2) is 0 Å². The number of primary amides is 1. The van der Waals surface area contributed by atoms with E-state index in [2.05, 4.69) is 37.2 Å². The molecule has 0 aliphatic heterocycles. The first-order chi connectivity index (χ1) is 9.04. The lowest BCUT2D eigenvalue weighted by Crippen LogP contribution is -2.30. The minimum atomic E-state index is -0.520. The molecule has 7 heteroatoms. The summed E-state index contributed by atoms with van der Waals surface area (Å²) in [5.41, 5.74) is 11.6. The van der Waals surface area contributed by atoms with Gasteiger partial charge in [0.25, 0.3) is 0 Å². The quantitative estimate of drug-likeness (QED) is 0.619. The van der Waals surface area contributed by atoms with Crippen molar-refractivity contribution in [3.8, 4) is 5.75 Å². The third-order valence-electron chi connectivity index (χ3n) is 2.36. The van der Waals surface area contributed by atoms with Gasteiger partial charge in [-0.2, -0.15) is 0 Å². The second-order valence-electron chi connectivity index (χ2n) is 3.92. The van der Waals surface area contributed by atoms with Gasteiger partial charge in [-0.3, -0.25) is 0 Å². The number of benzene rings is 1. The molecule has 1 aromatic rings. The van der Waals surface area contributed by atoms with Gasteiger partial charge in [-0.1, -0.05) is 0 Å². The minimum absolute atomic E-state index is 0.494. The van der Waals surface area contributed by atoms with Gasteiger partial charge < -0.3 is 21.5 Å². The molecule has 106 valence electrons. The van der Waals surface area contributed by atoms with Crippen LogP contribution in [-0.4, -0.2) is 25.7 Å². The average molecular weight is 395 g/mol. The molecule has 0 atom stereocenters. The second kappa shape index (κ2) is 8.39. The van der Waals surface area contributed by atoms with E-state index in [4.69, 9.17) is 16.2 Å². The Morgan fingerprint density at radius 2 is 1.95 bits per heavy atom. The Balaban J connectivity index is 2.51. The molecule has 0 saturated carbocycles. The van der Waals surface area contributed by atoms with E-state index in [0.29, 0.717) is 26.1 Å². The van der Waals surface area contributed by atoms with Gasteiger partial charge in [0, 0.05) is 6.54 Å². The molecular weight excluding hydrogens is 378 g/mol. The number of hydrogen-bond acceptors (Lipinski definition) is 3. The van der Waals surface area contributed by atoms with Gasteiger partial charge in [0.1, 0.15) is 5.75 Å². The number of carbonyl (C=O) groups excluding carboxylic acids is 1. The number of hydrogen-bond donors (Lipinski definition) is 3. The van der Waals surface area contributed by atoms with E-state index in [1.807, 2.05) is 12.1 Å². The molecule has 0 radical (unpaired) electrons. The van der Waals surface area contributed by atoms with Crippen LogP contribution >= 0.6 is 31.9 Å². The average Bonchev–Trinajstić information content (AvgIpc) is 2.31. The lowest BCUT2D eigenvalue weighted by atomic mass is 10.1. The minimum Gasteiger partial charge on any atom is -0.491 e. The highest BCUT2D eigenvalue weighted by Crippen LogP contribution is 2.34. The molecule has 5 nitrogen and oxygen atoms in total. The Hall–Kier alpha value is -0.790. The van der Waals surface area contributed by atoms with E-state index in [0.717, 1.165) is 26.7 Å². The molecule has 2 amide bonds. The van der Waals surface area contributed by atoms with Gasteiger partial charge in [0.05, 0.1) is 15.6 Å². The molecule has 0 aromatic heterocycles. The zero-order valence-electron chi connectivity index (χ0n) is 10.4. The van der Waals surface area contributed by atoms with Crippen molar-refractivity contribution < 1.29 is 9.53 Å². The van der Waals surface area contributed by atoms with Gasteiger partial charge in [0.2, 0.25) is 0 Å². The third kappa shape index (κ3) is 5.80. The Kier molecular flexibility index (Phi) is 7.19. The predicted octanol–water partition coefficient (Wildman–Crippen LogP) is 2.15. The molecule has 0 bridgehead atoms. The summed E-state index contributed by atoms with van der Waals surface area (Å²) in [5, 5.41) is 2.51. The highest BCUT2D eigenvalue weighted by Gasteiger charge is 2.08. The summed E-state index contributed by atoms with van der Waals surface area (Å²) >= 11 is 6.95. The van der Waals surface area contributed by atoms with Crippen LogP contribution in [0.5, 0.6) is 5.75 Å². The van der Waals surface area contributed by atoms with Crippen LogP contribution in [0.2, 0.25) is 0 Å². The Bertz CT molecular complexity index is 418. The molecule has 0 spiro atoms. The Morgan fingerprint density at radius 1 is 1.32 bits per heavy atom. The highest BCUT2D eigenvalue weighted by molar-refractivity contribution is 9.11. The fourth-order valence-electron chi connectivity index (χ4n) is 1.52. The SMILES string of the molecule is NCCc1cc(Br)c(OCCCNC(N)=O)c(Br)c1. The van der Waals surface area contributed by atoms with Gasteiger partial charge in [-0.25, -0.2) is 4.79 Å². The smallest absolute Gasteiger partial charge is 0.312 e. The van der Waals surface area contributed by atoms with Gasteiger partial charge in [-0.15, -0.1) is 0 Å². The zero-order valence-corrected chi connectivity index (χ0v) is 13.6. The standard InChI is InChI=1S/C12H17Br2N3O2/c13-9-6-8(2-3-15)7-10(14)11(9)19-5-1-4-17-12(16)18/h6-7H,1-5,15H2,(H3,16,17,18). The van der Waals surface area contributed by atoms with E-state index in [1.54, 1.807) is 0 Å². The molecule has 1 rings (SSSR count). The summed E-state index contributed by atoms with van der Waals surface area (Å²) in [4.78, 5) is 10.5. The molecule has 19 heavy (non-hydrogen) atoms. The van der Waals surface area contributed by atoms with Crippen LogP contribution in [0.4, 0.5) is 4.79 Å². The fraction of sp³-hybridized carbons (Fsp3) is 0.417. The first-order valence-corrected chi connectivity index (χ1v) is 7.47. The van der Waals surface area contributed by atoms with Gasteiger partial charge in [-0.05, 0) is 68.9 Å². The molecule has 0 saturated heterocycles. The number of ether oxygens (including phenoxy) is 1.